The van der Waals surface area contributed by atoms with Gasteiger partial charge >= 0.3 is 12.1 Å². The molecule has 0 unspecified atom stereocenters. The summed E-state index contributed by atoms with van der Waals surface area (Å²) in [6.07, 6.45) is 1.18. The first-order valence-electron chi connectivity index (χ1n) is 6.63. The largest absolute Gasteiger partial charge is 0.480 e. The minimum Gasteiger partial charge on any atom is -0.480 e. The molecule has 3 N–H and O–H groups in total. The Morgan fingerprint density at radius 3 is 2.73 bits per heavy atom. The van der Waals surface area contributed by atoms with Gasteiger partial charge in [0, 0.05) is 11.1 Å². The van der Waals surface area contributed by atoms with Gasteiger partial charge in [0.15, 0.2) is 5.13 Å². The zero-order chi connectivity index (χ0) is 16.5. The topological polar surface area (TPSA) is 118 Å². The highest BCUT2D eigenvalue weighted by Gasteiger charge is 2.44. The minimum absolute atomic E-state index is 0.274. The fourth-order valence-corrected chi connectivity index (χ4v) is 2.78. The number of hydrogen-bond donors (Lipinski definition) is 3. The summed E-state index contributed by atoms with van der Waals surface area (Å²) in [6, 6.07) is -0.864. The molecule has 1 saturated heterocycles. The van der Waals surface area contributed by atoms with Crippen molar-refractivity contribution in [3.8, 4) is 0 Å². The molecule has 0 aromatic carbocycles. The highest BCUT2D eigenvalue weighted by molar-refractivity contribution is 7.15. The Morgan fingerprint density at radius 1 is 1.50 bits per heavy atom. The van der Waals surface area contributed by atoms with Crippen LogP contribution in [0.1, 0.15) is 25.6 Å². The summed E-state index contributed by atoms with van der Waals surface area (Å²) in [4.78, 5) is 38.7. The van der Waals surface area contributed by atoms with Gasteiger partial charge in [-0.2, -0.15) is 0 Å². The van der Waals surface area contributed by atoms with Crippen LogP contribution in [0.5, 0.6) is 0 Å². The third-order valence-corrected chi connectivity index (χ3v) is 3.82. The Labute approximate surface area is 130 Å². The summed E-state index contributed by atoms with van der Waals surface area (Å²) in [5.41, 5.74) is -0.608. The van der Waals surface area contributed by atoms with Crippen LogP contribution in [0.3, 0.4) is 0 Å². The highest BCUT2D eigenvalue weighted by atomic mass is 32.1. The number of anilines is 1. The maximum atomic E-state index is 11.6. The van der Waals surface area contributed by atoms with Crippen molar-refractivity contribution in [1.82, 2.24) is 10.3 Å². The van der Waals surface area contributed by atoms with Crippen LogP contribution in [0, 0.1) is 5.92 Å². The summed E-state index contributed by atoms with van der Waals surface area (Å²) in [6.45, 7) is 5.25. The van der Waals surface area contributed by atoms with E-state index in [1.165, 1.54) is 17.5 Å². The van der Waals surface area contributed by atoms with Gasteiger partial charge in [0.25, 0.3) is 0 Å². The van der Waals surface area contributed by atoms with Crippen molar-refractivity contribution in [3.63, 3.8) is 0 Å². The third kappa shape index (κ3) is 3.94. The van der Waals surface area contributed by atoms with Crippen molar-refractivity contribution in [2.45, 2.75) is 38.8 Å². The van der Waals surface area contributed by atoms with Crippen LogP contribution in [-0.4, -0.2) is 39.7 Å². The molecule has 0 aliphatic carbocycles. The number of β-lactam (4-membered cyclic amide) rings is 1. The number of rotatable bonds is 4. The number of carbonyl (C=O) groups is 3. The van der Waals surface area contributed by atoms with Crippen LogP contribution >= 0.6 is 11.3 Å². The summed E-state index contributed by atoms with van der Waals surface area (Å²) in [5.74, 6) is -1.95. The molecule has 2 amide bonds. The SMILES string of the molecule is CC(C)(C)OC(=O)Nc1ncc(C[C@H]2C(=O)N[C@@H]2C(=O)O)s1. The summed E-state index contributed by atoms with van der Waals surface area (Å²) in [5, 5.41) is 14.1. The standard InChI is InChI=1S/C13H17N3O5S/c1-13(2,3)21-12(20)16-11-14-5-6(22-11)4-7-8(10(18)19)15-9(7)17/h5,7-8H,4H2,1-3H3,(H,15,17)(H,18,19)(H,14,16,20)/t7-,8+/m1/s1. The fraction of sp³-hybridized carbons (Fsp3) is 0.538. The minimum atomic E-state index is -1.05. The number of hydrogen-bond acceptors (Lipinski definition) is 6. The molecule has 1 aliphatic rings. The molecule has 2 rings (SSSR count). The van der Waals surface area contributed by atoms with Crippen LogP contribution in [0.2, 0.25) is 0 Å². The molecule has 1 fully saturated rings. The molecule has 8 nitrogen and oxygen atoms in total. The summed E-state index contributed by atoms with van der Waals surface area (Å²) >= 11 is 1.18. The molecule has 22 heavy (non-hydrogen) atoms. The number of amides is 2. The Kier molecular flexibility index (Phi) is 4.36. The van der Waals surface area contributed by atoms with E-state index in [-0.39, 0.29) is 12.3 Å². The normalized spacial score (nSPS) is 20.8. The smallest absolute Gasteiger partial charge is 0.413 e. The van der Waals surface area contributed by atoms with Crippen molar-refractivity contribution in [3.05, 3.63) is 11.1 Å². The highest BCUT2D eigenvalue weighted by Crippen LogP contribution is 2.26. The molecule has 2 heterocycles. The van der Waals surface area contributed by atoms with Crippen molar-refractivity contribution >= 4 is 34.4 Å². The lowest BCUT2D eigenvalue weighted by molar-refractivity contribution is -0.153. The zero-order valence-electron chi connectivity index (χ0n) is 12.4. The van der Waals surface area contributed by atoms with E-state index in [1.807, 2.05) is 0 Å². The van der Waals surface area contributed by atoms with Crippen molar-refractivity contribution < 1.29 is 24.2 Å². The van der Waals surface area contributed by atoms with E-state index in [2.05, 4.69) is 15.6 Å². The molecule has 1 aromatic rings. The van der Waals surface area contributed by atoms with E-state index in [1.54, 1.807) is 20.8 Å². The molecule has 9 heteroatoms. The molecular weight excluding hydrogens is 310 g/mol. The van der Waals surface area contributed by atoms with Gasteiger partial charge in [0.1, 0.15) is 11.6 Å². The third-order valence-electron chi connectivity index (χ3n) is 2.89. The van der Waals surface area contributed by atoms with Gasteiger partial charge in [-0.25, -0.2) is 14.6 Å². The van der Waals surface area contributed by atoms with Crippen molar-refractivity contribution in [2.75, 3.05) is 5.32 Å². The van der Waals surface area contributed by atoms with Crippen LogP contribution in [0.15, 0.2) is 6.20 Å². The number of carboxylic acid groups (broad SMARTS) is 1. The summed E-state index contributed by atoms with van der Waals surface area (Å²) in [7, 11) is 0. The van der Waals surface area contributed by atoms with Crippen LogP contribution in [0.4, 0.5) is 9.93 Å². The zero-order valence-corrected chi connectivity index (χ0v) is 13.2. The first-order valence-corrected chi connectivity index (χ1v) is 7.45. The van der Waals surface area contributed by atoms with Crippen molar-refractivity contribution in [2.24, 2.45) is 5.92 Å². The number of aromatic nitrogens is 1. The maximum Gasteiger partial charge on any atom is 0.413 e. The molecule has 120 valence electrons. The fourth-order valence-electron chi connectivity index (χ4n) is 1.93. The Hall–Kier alpha value is -2.16. The quantitative estimate of drug-likeness (QED) is 0.716. The molecule has 1 aliphatic heterocycles. The maximum absolute atomic E-state index is 11.6. The van der Waals surface area contributed by atoms with Gasteiger partial charge in [0.2, 0.25) is 5.91 Å². The number of aliphatic carboxylic acids is 1. The first-order chi connectivity index (χ1) is 10.2. The predicted molar refractivity (Wildman–Crippen MR) is 78.7 cm³/mol. The Balaban J connectivity index is 1.93. The number of nitrogens with zero attached hydrogens (tertiary/aromatic N) is 1. The second kappa shape index (κ2) is 5.91. The molecule has 2 atom stereocenters. The lowest BCUT2D eigenvalue weighted by Crippen LogP contribution is -2.62. The molecule has 0 saturated carbocycles. The Bertz CT molecular complexity index is 607. The van der Waals surface area contributed by atoms with E-state index in [0.717, 1.165) is 4.88 Å². The van der Waals surface area contributed by atoms with Gasteiger partial charge in [-0.05, 0) is 27.2 Å². The summed E-state index contributed by atoms with van der Waals surface area (Å²) < 4.78 is 5.10. The number of carboxylic acids is 1. The van der Waals surface area contributed by atoms with E-state index in [0.29, 0.717) is 5.13 Å². The lowest BCUT2D eigenvalue weighted by Gasteiger charge is -2.33. The average molecular weight is 327 g/mol. The van der Waals surface area contributed by atoms with Crippen LogP contribution < -0.4 is 10.6 Å². The van der Waals surface area contributed by atoms with E-state index in [4.69, 9.17) is 9.84 Å². The molecular formula is C13H17N3O5S. The molecule has 0 spiro atoms. The van der Waals surface area contributed by atoms with E-state index in [9.17, 15) is 14.4 Å². The number of nitrogens with one attached hydrogen (secondary N) is 2. The van der Waals surface area contributed by atoms with Crippen LogP contribution in [0.25, 0.3) is 0 Å². The number of ether oxygens (including phenoxy) is 1. The van der Waals surface area contributed by atoms with Gasteiger partial charge in [-0.15, -0.1) is 11.3 Å². The number of carbonyl (C=O) groups excluding carboxylic acids is 2. The van der Waals surface area contributed by atoms with Gasteiger partial charge in [-0.1, -0.05) is 0 Å². The van der Waals surface area contributed by atoms with Gasteiger partial charge in [-0.3, -0.25) is 10.1 Å². The van der Waals surface area contributed by atoms with E-state index >= 15 is 0 Å². The molecule has 0 radical (unpaired) electrons. The van der Waals surface area contributed by atoms with Crippen molar-refractivity contribution in [1.29, 1.82) is 0 Å². The van der Waals surface area contributed by atoms with Gasteiger partial charge < -0.3 is 15.2 Å². The number of thiazole rings is 1. The van der Waals surface area contributed by atoms with E-state index < -0.39 is 29.6 Å². The first kappa shape index (κ1) is 16.2. The van der Waals surface area contributed by atoms with Crippen LogP contribution in [-0.2, 0) is 20.7 Å². The average Bonchev–Trinajstić information content (AvgIpc) is 2.77. The molecule has 1 aromatic heterocycles. The molecule has 0 bridgehead atoms. The lowest BCUT2D eigenvalue weighted by atomic mass is 9.87. The second-order valence-electron chi connectivity index (χ2n) is 5.89. The van der Waals surface area contributed by atoms with Gasteiger partial charge in [0.05, 0.1) is 5.92 Å². The monoisotopic (exact) mass is 327 g/mol. The predicted octanol–water partition coefficient (Wildman–Crippen LogP) is 1.23. The Morgan fingerprint density at radius 2 is 2.18 bits per heavy atom. The second-order valence-corrected chi connectivity index (χ2v) is 7.01.